The molecule has 14 heteroatoms. The number of hydrogen-bond acceptors (Lipinski definition) is 10. The summed E-state index contributed by atoms with van der Waals surface area (Å²) in [5.74, 6) is -0.853. The standard InChI is InChI=1S/C35H26N2O6.C14H8N2O4/c1-35(2,23-3-11-27(12-4-23)42-29-15-7-25(8-16-29)36-31(38)19-20-32(36)39)24-5-13-28(14-6-24)43-30-17-9-26(10-18-30)37-33(40)21-22-34(37)41;17-11-5-9(13(19)15-11)7-2-1-3-8(4-7)10-6-12(18)16-14(10)20/h3-22H,1-2H3;1-6H,(H,15,17,19)(H,16,18,20). The maximum absolute atomic E-state index is 11.9. The number of carbonyl (C=O) groups excluding carboxylic acids is 8. The third-order valence-electron chi connectivity index (χ3n) is 10.4. The van der Waals surface area contributed by atoms with Gasteiger partial charge >= 0.3 is 0 Å². The Balaban J connectivity index is 0.000000226. The zero-order valence-electron chi connectivity index (χ0n) is 33.5. The van der Waals surface area contributed by atoms with Crippen LogP contribution in [0.2, 0.25) is 0 Å². The van der Waals surface area contributed by atoms with E-state index in [1.165, 1.54) is 36.5 Å². The predicted molar refractivity (Wildman–Crippen MR) is 230 cm³/mol. The van der Waals surface area contributed by atoms with Gasteiger partial charge in [0.25, 0.3) is 47.3 Å². The van der Waals surface area contributed by atoms with Crippen LogP contribution in [-0.2, 0) is 43.8 Å². The summed E-state index contributed by atoms with van der Waals surface area (Å²) in [6.07, 6.45) is 7.42. The third kappa shape index (κ3) is 8.63. The van der Waals surface area contributed by atoms with Gasteiger partial charge in [-0.2, -0.15) is 0 Å². The van der Waals surface area contributed by atoms with E-state index in [1.807, 2.05) is 48.5 Å². The molecule has 4 heterocycles. The minimum absolute atomic E-state index is 0.238. The summed E-state index contributed by atoms with van der Waals surface area (Å²) < 4.78 is 12.0. The summed E-state index contributed by atoms with van der Waals surface area (Å²) >= 11 is 0. The molecule has 8 amide bonds. The number of hydrogen-bond donors (Lipinski definition) is 2. The predicted octanol–water partition coefficient (Wildman–Crippen LogP) is 6.22. The monoisotopic (exact) mass is 838 g/mol. The lowest BCUT2D eigenvalue weighted by molar-refractivity contribution is -0.124. The highest BCUT2D eigenvalue weighted by Crippen LogP contribution is 2.35. The Bertz CT molecular complexity index is 2660. The summed E-state index contributed by atoms with van der Waals surface area (Å²) in [6, 6.07) is 35.8. The number of amides is 8. The molecule has 0 spiro atoms. The molecule has 0 fully saturated rings. The van der Waals surface area contributed by atoms with Gasteiger partial charge in [0.05, 0.1) is 22.5 Å². The maximum atomic E-state index is 11.9. The van der Waals surface area contributed by atoms with Crippen LogP contribution in [0.15, 0.2) is 158 Å². The Kier molecular flexibility index (Phi) is 10.9. The summed E-state index contributed by atoms with van der Waals surface area (Å²) in [7, 11) is 0. The lowest BCUT2D eigenvalue weighted by atomic mass is 9.78. The summed E-state index contributed by atoms with van der Waals surface area (Å²) in [5, 5.41) is 4.30. The van der Waals surface area contributed by atoms with Crippen molar-refractivity contribution in [1.29, 1.82) is 0 Å². The molecule has 63 heavy (non-hydrogen) atoms. The fourth-order valence-electron chi connectivity index (χ4n) is 7.06. The Morgan fingerprint density at radius 2 is 0.746 bits per heavy atom. The maximum Gasteiger partial charge on any atom is 0.258 e. The van der Waals surface area contributed by atoms with Crippen molar-refractivity contribution >= 4 is 69.8 Å². The molecule has 9 rings (SSSR count). The summed E-state index contributed by atoms with van der Waals surface area (Å²) in [5.41, 5.74) is 4.37. The minimum Gasteiger partial charge on any atom is -0.457 e. The summed E-state index contributed by atoms with van der Waals surface area (Å²) in [4.78, 5) is 95.3. The zero-order valence-corrected chi connectivity index (χ0v) is 33.5. The van der Waals surface area contributed by atoms with Crippen molar-refractivity contribution in [2.24, 2.45) is 0 Å². The van der Waals surface area contributed by atoms with Crippen molar-refractivity contribution in [2.45, 2.75) is 19.3 Å². The van der Waals surface area contributed by atoms with Gasteiger partial charge in [0, 0.05) is 41.9 Å². The summed E-state index contributed by atoms with van der Waals surface area (Å²) in [6.45, 7) is 4.28. The highest BCUT2D eigenvalue weighted by molar-refractivity contribution is 6.35. The number of anilines is 2. The second kappa shape index (κ2) is 16.7. The van der Waals surface area contributed by atoms with Crippen molar-refractivity contribution in [3.05, 3.63) is 180 Å². The Morgan fingerprint density at radius 1 is 0.429 bits per heavy atom. The van der Waals surface area contributed by atoms with Gasteiger partial charge in [-0.1, -0.05) is 56.3 Å². The zero-order chi connectivity index (χ0) is 44.4. The molecular formula is C49H34N4O10. The first-order chi connectivity index (χ1) is 30.2. The van der Waals surface area contributed by atoms with E-state index in [0.29, 0.717) is 45.5 Å². The molecule has 0 unspecified atom stereocenters. The van der Waals surface area contributed by atoms with Crippen LogP contribution >= 0.6 is 0 Å². The van der Waals surface area contributed by atoms with E-state index in [0.717, 1.165) is 20.9 Å². The fraction of sp³-hybridized carbons (Fsp3) is 0.0612. The van der Waals surface area contributed by atoms with Crippen molar-refractivity contribution in [1.82, 2.24) is 10.6 Å². The first kappa shape index (κ1) is 41.0. The van der Waals surface area contributed by atoms with Gasteiger partial charge in [-0.25, -0.2) is 9.80 Å². The number of benzene rings is 5. The van der Waals surface area contributed by atoms with Gasteiger partial charge in [0.15, 0.2) is 0 Å². The molecule has 0 aromatic heterocycles. The van der Waals surface area contributed by atoms with Crippen LogP contribution in [0.1, 0.15) is 36.1 Å². The molecule has 0 saturated carbocycles. The molecule has 5 aromatic carbocycles. The molecular weight excluding hydrogens is 805 g/mol. The minimum atomic E-state index is -0.479. The van der Waals surface area contributed by atoms with Crippen LogP contribution in [0.3, 0.4) is 0 Å². The average Bonchev–Trinajstić information content (AvgIpc) is 4.02. The Morgan fingerprint density at radius 3 is 1.05 bits per heavy atom. The molecule has 310 valence electrons. The molecule has 5 aromatic rings. The van der Waals surface area contributed by atoms with Gasteiger partial charge in [0.2, 0.25) is 0 Å². The molecule has 0 atom stereocenters. The molecule has 4 aliphatic rings. The molecule has 14 nitrogen and oxygen atoms in total. The number of rotatable bonds is 10. The highest BCUT2D eigenvalue weighted by atomic mass is 16.5. The second-order valence-corrected chi connectivity index (χ2v) is 14.9. The van der Waals surface area contributed by atoms with Crippen LogP contribution in [0.4, 0.5) is 11.4 Å². The number of carbonyl (C=O) groups is 8. The number of imide groups is 4. The quantitative estimate of drug-likeness (QED) is 0.153. The van der Waals surface area contributed by atoms with Crippen LogP contribution in [0.25, 0.3) is 11.1 Å². The Hall–Kier alpha value is -8.78. The topological polar surface area (TPSA) is 186 Å². The first-order valence-corrected chi connectivity index (χ1v) is 19.4. The van der Waals surface area contributed by atoms with Gasteiger partial charge in [0.1, 0.15) is 23.0 Å². The lowest BCUT2D eigenvalue weighted by Gasteiger charge is -2.26. The van der Waals surface area contributed by atoms with E-state index in [4.69, 9.17) is 9.47 Å². The SMILES string of the molecule is CC(C)(c1ccc(Oc2ccc(N3C(=O)C=CC3=O)cc2)cc1)c1ccc(Oc2ccc(N3C(=O)C=CC3=O)cc2)cc1.O=C1C=C(c2cccc(C3=CC(=O)NC3=O)c2)C(=O)N1. The van der Waals surface area contributed by atoms with Crippen LogP contribution in [-0.4, -0.2) is 47.3 Å². The number of ether oxygens (including phenoxy) is 2. The molecule has 0 aliphatic carbocycles. The fourth-order valence-corrected chi connectivity index (χ4v) is 7.06. The van der Waals surface area contributed by atoms with Crippen molar-refractivity contribution in [2.75, 3.05) is 9.80 Å². The van der Waals surface area contributed by atoms with E-state index >= 15 is 0 Å². The van der Waals surface area contributed by atoms with Crippen molar-refractivity contribution in [3.8, 4) is 23.0 Å². The smallest absolute Gasteiger partial charge is 0.258 e. The molecule has 2 N–H and O–H groups in total. The average molecular weight is 839 g/mol. The Labute approximate surface area is 359 Å². The van der Waals surface area contributed by atoms with E-state index in [2.05, 4.69) is 24.5 Å². The molecule has 0 radical (unpaired) electrons. The van der Waals surface area contributed by atoms with E-state index in [1.54, 1.807) is 72.8 Å². The highest BCUT2D eigenvalue weighted by Gasteiger charge is 2.28. The lowest BCUT2D eigenvalue weighted by Crippen LogP contribution is -2.29. The normalized spacial score (nSPS) is 15.7. The third-order valence-corrected chi connectivity index (χ3v) is 10.4. The van der Waals surface area contributed by atoms with Gasteiger partial charge < -0.3 is 9.47 Å². The molecule has 0 saturated heterocycles. The van der Waals surface area contributed by atoms with Crippen LogP contribution < -0.4 is 29.9 Å². The second-order valence-electron chi connectivity index (χ2n) is 14.9. The molecule has 4 aliphatic heterocycles. The van der Waals surface area contributed by atoms with Gasteiger partial charge in [-0.15, -0.1) is 0 Å². The van der Waals surface area contributed by atoms with Crippen LogP contribution in [0.5, 0.6) is 23.0 Å². The molecule has 0 bridgehead atoms. The van der Waals surface area contributed by atoms with Gasteiger partial charge in [-0.3, -0.25) is 49.0 Å². The van der Waals surface area contributed by atoms with Crippen molar-refractivity contribution < 1.29 is 47.8 Å². The van der Waals surface area contributed by atoms with E-state index in [9.17, 15) is 38.4 Å². The van der Waals surface area contributed by atoms with Crippen molar-refractivity contribution in [3.63, 3.8) is 0 Å². The first-order valence-electron chi connectivity index (χ1n) is 19.4. The number of nitrogens with one attached hydrogen (secondary N) is 2. The number of nitrogens with zero attached hydrogens (tertiary/aromatic N) is 2. The van der Waals surface area contributed by atoms with E-state index in [-0.39, 0.29) is 40.2 Å². The van der Waals surface area contributed by atoms with Gasteiger partial charge in [-0.05, 0) is 101 Å². The van der Waals surface area contributed by atoms with Crippen LogP contribution in [0, 0.1) is 0 Å². The largest absolute Gasteiger partial charge is 0.457 e. The van der Waals surface area contributed by atoms with E-state index < -0.39 is 23.6 Å².